The van der Waals surface area contributed by atoms with Gasteiger partial charge in [-0.3, -0.25) is 4.90 Å². The Balaban J connectivity index is 1.54. The molecule has 0 radical (unpaired) electrons. The number of nitrogens with zero attached hydrogens (tertiary/aromatic N) is 4. The van der Waals surface area contributed by atoms with Crippen molar-refractivity contribution in [2.45, 2.75) is 38.4 Å². The van der Waals surface area contributed by atoms with Gasteiger partial charge in [0.1, 0.15) is 5.69 Å². The van der Waals surface area contributed by atoms with Gasteiger partial charge in [0, 0.05) is 30.9 Å². The summed E-state index contributed by atoms with van der Waals surface area (Å²) in [6, 6.07) is 4.50. The van der Waals surface area contributed by atoms with Gasteiger partial charge in [0.15, 0.2) is 0 Å². The first-order valence-corrected chi connectivity index (χ1v) is 9.60. The number of thiophene rings is 1. The number of fused-ring (bicyclic) bond motifs is 1. The van der Waals surface area contributed by atoms with Crippen molar-refractivity contribution in [3.63, 3.8) is 0 Å². The standard InChI is InChI=1S/C18H24N4OS/c1-2-9-23-13-17-18-16(22(20-19-18)11-14-5-6-14)7-8-21(17)12-15-4-3-10-24-15/h2-4,10,14,17H,1,5-9,11-13H2/t17-/m0/s1. The molecule has 0 saturated heterocycles. The van der Waals surface area contributed by atoms with Crippen LogP contribution in [0, 0.1) is 5.92 Å². The molecule has 1 saturated carbocycles. The van der Waals surface area contributed by atoms with E-state index in [1.165, 1.54) is 23.4 Å². The highest BCUT2D eigenvalue weighted by Crippen LogP contribution is 2.34. The monoisotopic (exact) mass is 344 g/mol. The Morgan fingerprint density at radius 2 is 2.33 bits per heavy atom. The molecule has 0 aromatic carbocycles. The predicted octanol–water partition coefficient (Wildman–Crippen LogP) is 3.05. The molecule has 0 spiro atoms. The Kier molecular flexibility index (Phi) is 4.78. The van der Waals surface area contributed by atoms with Crippen LogP contribution in [0.2, 0.25) is 0 Å². The molecule has 1 atom stereocenters. The van der Waals surface area contributed by atoms with Crippen molar-refractivity contribution < 1.29 is 4.74 Å². The lowest BCUT2D eigenvalue weighted by Gasteiger charge is -2.34. The third-order valence-corrected chi connectivity index (χ3v) is 5.70. The average Bonchev–Trinajstić information content (AvgIpc) is 3.08. The summed E-state index contributed by atoms with van der Waals surface area (Å²) < 4.78 is 7.95. The second-order valence-corrected chi connectivity index (χ2v) is 7.72. The van der Waals surface area contributed by atoms with E-state index in [1.54, 1.807) is 6.08 Å². The maximum atomic E-state index is 5.80. The van der Waals surface area contributed by atoms with E-state index in [-0.39, 0.29) is 6.04 Å². The molecule has 2 aromatic rings. The van der Waals surface area contributed by atoms with Gasteiger partial charge in [-0.15, -0.1) is 23.0 Å². The van der Waals surface area contributed by atoms with Crippen LogP contribution in [0.3, 0.4) is 0 Å². The molecule has 0 amide bonds. The molecule has 0 unspecified atom stereocenters. The summed E-state index contributed by atoms with van der Waals surface area (Å²) in [5.41, 5.74) is 2.43. The van der Waals surface area contributed by atoms with Gasteiger partial charge in [-0.25, -0.2) is 4.68 Å². The summed E-state index contributed by atoms with van der Waals surface area (Å²) in [7, 11) is 0. The van der Waals surface area contributed by atoms with E-state index in [2.05, 4.69) is 44.0 Å². The summed E-state index contributed by atoms with van der Waals surface area (Å²) >= 11 is 1.81. The fourth-order valence-electron chi connectivity index (χ4n) is 3.37. The first-order valence-electron chi connectivity index (χ1n) is 8.72. The van der Waals surface area contributed by atoms with E-state index in [9.17, 15) is 0 Å². The van der Waals surface area contributed by atoms with Crippen molar-refractivity contribution in [1.82, 2.24) is 19.9 Å². The van der Waals surface area contributed by atoms with E-state index in [1.807, 2.05) is 11.3 Å². The van der Waals surface area contributed by atoms with Crippen LogP contribution < -0.4 is 0 Å². The lowest BCUT2D eigenvalue weighted by Crippen LogP contribution is -2.38. The highest BCUT2D eigenvalue weighted by Gasteiger charge is 2.33. The molecule has 3 heterocycles. The van der Waals surface area contributed by atoms with Gasteiger partial charge < -0.3 is 4.74 Å². The van der Waals surface area contributed by atoms with Crippen LogP contribution in [-0.4, -0.2) is 39.7 Å². The molecule has 4 rings (SSSR count). The zero-order valence-electron chi connectivity index (χ0n) is 13.9. The summed E-state index contributed by atoms with van der Waals surface area (Å²) in [4.78, 5) is 3.87. The number of hydrogen-bond acceptors (Lipinski definition) is 5. The molecule has 1 aliphatic carbocycles. The van der Waals surface area contributed by atoms with E-state index in [0.717, 1.165) is 37.7 Å². The molecule has 0 bridgehead atoms. The Hall–Kier alpha value is -1.50. The van der Waals surface area contributed by atoms with Crippen LogP contribution in [-0.2, 0) is 24.2 Å². The predicted molar refractivity (Wildman–Crippen MR) is 94.9 cm³/mol. The molecule has 1 fully saturated rings. The average molecular weight is 344 g/mol. The molecule has 2 aromatic heterocycles. The first kappa shape index (κ1) is 16.0. The third-order valence-electron chi connectivity index (χ3n) is 4.84. The van der Waals surface area contributed by atoms with Crippen molar-refractivity contribution in [1.29, 1.82) is 0 Å². The second-order valence-electron chi connectivity index (χ2n) is 6.69. The smallest absolute Gasteiger partial charge is 0.105 e. The number of rotatable bonds is 8. The van der Waals surface area contributed by atoms with Crippen molar-refractivity contribution in [3.8, 4) is 0 Å². The van der Waals surface area contributed by atoms with Gasteiger partial charge >= 0.3 is 0 Å². The first-order chi connectivity index (χ1) is 11.8. The maximum absolute atomic E-state index is 5.80. The van der Waals surface area contributed by atoms with Gasteiger partial charge in [-0.1, -0.05) is 17.4 Å². The number of hydrogen-bond donors (Lipinski definition) is 0. The second kappa shape index (κ2) is 7.17. The zero-order valence-corrected chi connectivity index (χ0v) is 14.7. The van der Waals surface area contributed by atoms with Crippen LogP contribution in [0.4, 0.5) is 0 Å². The van der Waals surface area contributed by atoms with Crippen LogP contribution in [0.25, 0.3) is 0 Å². The summed E-state index contributed by atoms with van der Waals surface area (Å²) in [5.74, 6) is 0.815. The van der Waals surface area contributed by atoms with Gasteiger partial charge in [0.2, 0.25) is 0 Å². The summed E-state index contributed by atoms with van der Waals surface area (Å²) in [5, 5.41) is 11.1. The van der Waals surface area contributed by atoms with Crippen LogP contribution >= 0.6 is 11.3 Å². The Bertz CT molecular complexity index is 677. The Morgan fingerprint density at radius 3 is 3.08 bits per heavy atom. The Labute approximate surface area is 146 Å². The SMILES string of the molecule is C=CCOC[C@H]1c2nnn(CC3CC3)c2CCN1Cc1cccs1. The van der Waals surface area contributed by atoms with E-state index >= 15 is 0 Å². The third kappa shape index (κ3) is 3.45. The minimum atomic E-state index is 0.184. The molecular formula is C18H24N4OS. The molecule has 5 nitrogen and oxygen atoms in total. The van der Waals surface area contributed by atoms with E-state index < -0.39 is 0 Å². The highest BCUT2D eigenvalue weighted by molar-refractivity contribution is 7.09. The van der Waals surface area contributed by atoms with Crippen molar-refractivity contribution in [2.75, 3.05) is 19.8 Å². The largest absolute Gasteiger partial charge is 0.375 e. The van der Waals surface area contributed by atoms with Crippen molar-refractivity contribution in [2.24, 2.45) is 5.92 Å². The normalized spacial score (nSPS) is 20.9. The molecule has 128 valence electrons. The molecular weight excluding hydrogens is 320 g/mol. The quantitative estimate of drug-likeness (QED) is 0.545. The molecule has 1 aliphatic heterocycles. The van der Waals surface area contributed by atoms with Crippen LogP contribution in [0.15, 0.2) is 30.2 Å². The topological polar surface area (TPSA) is 43.2 Å². The zero-order chi connectivity index (χ0) is 16.4. The van der Waals surface area contributed by atoms with E-state index in [0.29, 0.717) is 13.2 Å². The van der Waals surface area contributed by atoms with Gasteiger partial charge in [0.25, 0.3) is 0 Å². The number of aromatic nitrogens is 3. The summed E-state index contributed by atoms with van der Waals surface area (Å²) in [6.07, 6.45) is 5.51. The molecule has 2 aliphatic rings. The van der Waals surface area contributed by atoms with Gasteiger partial charge in [-0.05, 0) is 30.2 Å². The minimum Gasteiger partial charge on any atom is -0.375 e. The molecule has 24 heavy (non-hydrogen) atoms. The lowest BCUT2D eigenvalue weighted by molar-refractivity contribution is 0.0604. The van der Waals surface area contributed by atoms with E-state index in [4.69, 9.17) is 4.74 Å². The fraction of sp³-hybridized carbons (Fsp3) is 0.556. The Morgan fingerprint density at radius 1 is 1.42 bits per heavy atom. The van der Waals surface area contributed by atoms with Crippen LogP contribution in [0.1, 0.15) is 35.1 Å². The van der Waals surface area contributed by atoms with Gasteiger partial charge in [-0.2, -0.15) is 0 Å². The lowest BCUT2D eigenvalue weighted by atomic mass is 10.0. The number of ether oxygens (including phenoxy) is 1. The maximum Gasteiger partial charge on any atom is 0.105 e. The van der Waals surface area contributed by atoms with Crippen molar-refractivity contribution >= 4 is 11.3 Å². The highest BCUT2D eigenvalue weighted by atomic mass is 32.1. The molecule has 6 heteroatoms. The van der Waals surface area contributed by atoms with Gasteiger partial charge in [0.05, 0.1) is 24.9 Å². The molecule has 0 N–H and O–H groups in total. The fourth-order valence-corrected chi connectivity index (χ4v) is 4.10. The van der Waals surface area contributed by atoms with Crippen molar-refractivity contribution in [3.05, 3.63) is 46.4 Å². The summed E-state index contributed by atoms with van der Waals surface area (Å²) in [6.45, 7) is 7.99. The minimum absolute atomic E-state index is 0.184. The van der Waals surface area contributed by atoms with Crippen LogP contribution in [0.5, 0.6) is 0 Å².